The fourth-order valence-electron chi connectivity index (χ4n) is 1.63. The van der Waals surface area contributed by atoms with Crippen molar-refractivity contribution < 1.29 is 29.7 Å². The Bertz CT molecular complexity index is 540. The van der Waals surface area contributed by atoms with Crippen LogP contribution in [0.1, 0.15) is 28.8 Å². The summed E-state index contributed by atoms with van der Waals surface area (Å²) in [5, 5.41) is 29.2. The SMILES string of the molecule is Cc1c(O)cccc1C(=O)N[C@@H](CCC(=O)O)C(=O)O. The predicted octanol–water partition coefficient (Wildman–Crippen LogP) is 0.748. The van der Waals surface area contributed by atoms with Gasteiger partial charge in [0, 0.05) is 17.5 Å². The van der Waals surface area contributed by atoms with Crippen LogP contribution in [0.5, 0.6) is 5.75 Å². The third kappa shape index (κ3) is 3.98. The van der Waals surface area contributed by atoms with E-state index >= 15 is 0 Å². The minimum absolute atomic E-state index is 0.0740. The Morgan fingerprint density at radius 2 is 1.90 bits per heavy atom. The van der Waals surface area contributed by atoms with E-state index in [4.69, 9.17) is 10.2 Å². The van der Waals surface area contributed by atoms with E-state index in [-0.39, 0.29) is 24.2 Å². The molecular formula is C13H15NO6. The number of carboxylic acids is 2. The molecular weight excluding hydrogens is 266 g/mol. The highest BCUT2D eigenvalue weighted by Gasteiger charge is 2.22. The molecule has 0 aliphatic heterocycles. The number of carbonyl (C=O) groups excluding carboxylic acids is 1. The Labute approximate surface area is 114 Å². The van der Waals surface area contributed by atoms with Crippen LogP contribution in [0.15, 0.2) is 18.2 Å². The van der Waals surface area contributed by atoms with Crippen molar-refractivity contribution in [1.29, 1.82) is 0 Å². The van der Waals surface area contributed by atoms with Crippen LogP contribution in [-0.2, 0) is 9.59 Å². The quantitative estimate of drug-likeness (QED) is 0.610. The topological polar surface area (TPSA) is 124 Å². The number of benzene rings is 1. The number of hydrogen-bond donors (Lipinski definition) is 4. The summed E-state index contributed by atoms with van der Waals surface area (Å²) in [6, 6.07) is 3.02. The lowest BCUT2D eigenvalue weighted by Crippen LogP contribution is -2.41. The van der Waals surface area contributed by atoms with Gasteiger partial charge in [0.05, 0.1) is 0 Å². The zero-order valence-electron chi connectivity index (χ0n) is 10.8. The normalized spacial score (nSPS) is 11.7. The number of aromatic hydroxyl groups is 1. The average molecular weight is 281 g/mol. The minimum Gasteiger partial charge on any atom is -0.508 e. The maximum atomic E-state index is 11.9. The van der Waals surface area contributed by atoms with Gasteiger partial charge in [-0.3, -0.25) is 9.59 Å². The number of phenolic OH excluding ortho intramolecular Hbond substituents is 1. The van der Waals surface area contributed by atoms with E-state index in [9.17, 15) is 19.5 Å². The van der Waals surface area contributed by atoms with Crippen molar-refractivity contribution in [2.75, 3.05) is 0 Å². The summed E-state index contributed by atoms with van der Waals surface area (Å²) in [6.07, 6.45) is -0.579. The molecule has 1 aromatic rings. The van der Waals surface area contributed by atoms with Gasteiger partial charge in [-0.2, -0.15) is 0 Å². The molecule has 7 nitrogen and oxygen atoms in total. The fraction of sp³-hybridized carbons (Fsp3) is 0.308. The summed E-state index contributed by atoms with van der Waals surface area (Å²) in [6.45, 7) is 1.53. The molecule has 1 atom stereocenters. The van der Waals surface area contributed by atoms with Gasteiger partial charge in [0.15, 0.2) is 0 Å². The molecule has 0 fully saturated rings. The summed E-state index contributed by atoms with van der Waals surface area (Å²) in [5.74, 6) is -3.19. The molecule has 0 heterocycles. The second-order valence-electron chi connectivity index (χ2n) is 4.25. The number of nitrogens with one attached hydrogen (secondary N) is 1. The molecule has 108 valence electrons. The number of carboxylic acid groups (broad SMARTS) is 2. The van der Waals surface area contributed by atoms with E-state index in [0.29, 0.717) is 5.56 Å². The van der Waals surface area contributed by atoms with E-state index in [1.54, 1.807) is 0 Å². The molecule has 0 aromatic heterocycles. The first-order valence-electron chi connectivity index (χ1n) is 5.87. The second kappa shape index (κ2) is 6.55. The highest BCUT2D eigenvalue weighted by molar-refractivity contribution is 5.98. The van der Waals surface area contributed by atoms with Gasteiger partial charge in [-0.25, -0.2) is 4.79 Å². The lowest BCUT2D eigenvalue weighted by Gasteiger charge is -2.14. The van der Waals surface area contributed by atoms with Crippen molar-refractivity contribution in [2.45, 2.75) is 25.8 Å². The number of aliphatic carboxylic acids is 2. The molecule has 0 aliphatic rings. The van der Waals surface area contributed by atoms with Gasteiger partial charge in [-0.15, -0.1) is 0 Å². The van der Waals surface area contributed by atoms with Crippen molar-refractivity contribution in [3.63, 3.8) is 0 Å². The van der Waals surface area contributed by atoms with Gasteiger partial charge in [-0.1, -0.05) is 6.07 Å². The summed E-state index contributed by atoms with van der Waals surface area (Å²) in [7, 11) is 0. The van der Waals surface area contributed by atoms with E-state index in [2.05, 4.69) is 5.32 Å². The molecule has 0 saturated carbocycles. The largest absolute Gasteiger partial charge is 0.508 e. The monoisotopic (exact) mass is 281 g/mol. The lowest BCUT2D eigenvalue weighted by atomic mass is 10.1. The van der Waals surface area contributed by atoms with E-state index in [1.165, 1.54) is 25.1 Å². The van der Waals surface area contributed by atoms with Crippen LogP contribution >= 0.6 is 0 Å². The molecule has 7 heteroatoms. The Kier molecular flexibility index (Phi) is 5.08. The van der Waals surface area contributed by atoms with Crippen LogP contribution < -0.4 is 5.32 Å². The van der Waals surface area contributed by atoms with Crippen LogP contribution in [0.3, 0.4) is 0 Å². The van der Waals surface area contributed by atoms with Crippen LogP contribution in [0.4, 0.5) is 0 Å². The fourth-order valence-corrected chi connectivity index (χ4v) is 1.63. The second-order valence-corrected chi connectivity index (χ2v) is 4.25. The number of carbonyl (C=O) groups is 3. The summed E-state index contributed by atoms with van der Waals surface area (Å²) < 4.78 is 0. The third-order valence-corrected chi connectivity index (χ3v) is 2.80. The van der Waals surface area contributed by atoms with Crippen molar-refractivity contribution in [3.8, 4) is 5.75 Å². The van der Waals surface area contributed by atoms with Crippen molar-refractivity contribution in [2.24, 2.45) is 0 Å². The molecule has 1 aromatic carbocycles. The summed E-state index contributed by atoms with van der Waals surface area (Å²) in [5.41, 5.74) is 0.471. The molecule has 0 radical (unpaired) electrons. The van der Waals surface area contributed by atoms with Crippen LogP contribution in [-0.4, -0.2) is 39.2 Å². The lowest BCUT2D eigenvalue weighted by molar-refractivity contribution is -0.140. The van der Waals surface area contributed by atoms with Crippen molar-refractivity contribution in [1.82, 2.24) is 5.32 Å². The van der Waals surface area contributed by atoms with E-state index in [0.717, 1.165) is 0 Å². The van der Waals surface area contributed by atoms with Crippen LogP contribution in [0.25, 0.3) is 0 Å². The van der Waals surface area contributed by atoms with Gasteiger partial charge < -0.3 is 20.6 Å². The Morgan fingerprint density at radius 3 is 2.45 bits per heavy atom. The first-order valence-corrected chi connectivity index (χ1v) is 5.87. The Hall–Kier alpha value is -2.57. The third-order valence-electron chi connectivity index (χ3n) is 2.80. The van der Waals surface area contributed by atoms with Gasteiger partial charge in [0.2, 0.25) is 0 Å². The first kappa shape index (κ1) is 15.5. The van der Waals surface area contributed by atoms with Gasteiger partial charge in [0.25, 0.3) is 5.91 Å². The zero-order valence-corrected chi connectivity index (χ0v) is 10.8. The van der Waals surface area contributed by atoms with Gasteiger partial charge in [-0.05, 0) is 25.5 Å². The maximum absolute atomic E-state index is 11.9. The number of hydrogen-bond acceptors (Lipinski definition) is 4. The van der Waals surface area contributed by atoms with Crippen LogP contribution in [0.2, 0.25) is 0 Å². The van der Waals surface area contributed by atoms with Crippen LogP contribution in [0, 0.1) is 6.92 Å². The molecule has 0 saturated heterocycles. The molecule has 1 rings (SSSR count). The molecule has 20 heavy (non-hydrogen) atoms. The number of phenols is 1. The molecule has 4 N–H and O–H groups in total. The molecule has 0 spiro atoms. The molecule has 0 unspecified atom stereocenters. The highest BCUT2D eigenvalue weighted by Crippen LogP contribution is 2.19. The maximum Gasteiger partial charge on any atom is 0.326 e. The van der Waals surface area contributed by atoms with Gasteiger partial charge in [0.1, 0.15) is 11.8 Å². The van der Waals surface area contributed by atoms with Crippen molar-refractivity contribution >= 4 is 17.8 Å². The minimum atomic E-state index is -1.31. The van der Waals surface area contributed by atoms with E-state index < -0.39 is 23.9 Å². The average Bonchev–Trinajstić information content (AvgIpc) is 2.36. The highest BCUT2D eigenvalue weighted by atomic mass is 16.4. The molecule has 1 amide bonds. The molecule has 0 aliphatic carbocycles. The number of rotatable bonds is 6. The van der Waals surface area contributed by atoms with E-state index in [1.807, 2.05) is 0 Å². The standard InChI is InChI=1S/C13H15NO6/c1-7-8(3-2-4-10(7)15)12(18)14-9(13(19)20)5-6-11(16)17/h2-4,9,15H,5-6H2,1H3,(H,14,18)(H,16,17)(H,19,20)/t9-/m0/s1. The predicted molar refractivity (Wildman–Crippen MR) is 68.6 cm³/mol. The van der Waals surface area contributed by atoms with Crippen molar-refractivity contribution in [3.05, 3.63) is 29.3 Å². The Morgan fingerprint density at radius 1 is 1.25 bits per heavy atom. The summed E-state index contributed by atoms with van der Waals surface area (Å²) in [4.78, 5) is 33.4. The smallest absolute Gasteiger partial charge is 0.326 e. The zero-order chi connectivity index (χ0) is 15.3. The summed E-state index contributed by atoms with van der Waals surface area (Å²) >= 11 is 0. The molecule has 0 bridgehead atoms. The first-order chi connectivity index (χ1) is 9.32. The van der Waals surface area contributed by atoms with Gasteiger partial charge >= 0.3 is 11.9 Å². The Balaban J connectivity index is 2.83. The number of amides is 1.